The van der Waals surface area contributed by atoms with Gasteiger partial charge in [-0.1, -0.05) is 17.8 Å². The molecule has 1 aliphatic carbocycles. The van der Waals surface area contributed by atoms with E-state index in [2.05, 4.69) is 20.8 Å². The topological polar surface area (TPSA) is 55.6 Å². The normalized spacial score (nSPS) is 14.6. The molecule has 1 heterocycles. The van der Waals surface area contributed by atoms with Gasteiger partial charge in [-0.05, 0) is 41.5 Å². The number of aromatic nitrogens is 4. The van der Waals surface area contributed by atoms with Gasteiger partial charge in [-0.25, -0.2) is 9.07 Å². The second-order valence-corrected chi connectivity index (χ2v) is 5.48. The van der Waals surface area contributed by atoms with E-state index in [9.17, 15) is 4.39 Å². The largest absolute Gasteiger partial charge is 0.384 e. The van der Waals surface area contributed by atoms with Crippen molar-refractivity contribution in [2.75, 3.05) is 17.6 Å². The molecule has 0 saturated heterocycles. The minimum absolute atomic E-state index is 0.227. The molecule has 1 N–H and O–H groups in total. The van der Waals surface area contributed by atoms with Crippen molar-refractivity contribution >= 4 is 17.4 Å². The van der Waals surface area contributed by atoms with E-state index >= 15 is 0 Å². The lowest BCUT2D eigenvalue weighted by molar-refractivity contribution is 0.565. The van der Waals surface area contributed by atoms with Gasteiger partial charge >= 0.3 is 0 Å². The van der Waals surface area contributed by atoms with Crippen LogP contribution in [0.25, 0.3) is 0 Å². The Labute approximate surface area is 114 Å². The maximum atomic E-state index is 13.0. The molecule has 0 unspecified atom stereocenters. The molecule has 1 saturated carbocycles. The smallest absolute Gasteiger partial charge is 0.209 e. The summed E-state index contributed by atoms with van der Waals surface area (Å²) in [5.74, 6) is 0.610. The van der Waals surface area contributed by atoms with Crippen LogP contribution in [0.4, 0.5) is 10.1 Å². The van der Waals surface area contributed by atoms with Crippen molar-refractivity contribution in [3.05, 3.63) is 30.1 Å². The highest BCUT2D eigenvalue weighted by Crippen LogP contribution is 2.36. The zero-order valence-corrected chi connectivity index (χ0v) is 11.1. The Morgan fingerprint density at radius 2 is 2.32 bits per heavy atom. The zero-order valence-electron chi connectivity index (χ0n) is 10.3. The van der Waals surface area contributed by atoms with Crippen molar-refractivity contribution in [3.8, 4) is 0 Å². The summed E-state index contributed by atoms with van der Waals surface area (Å²) in [5, 5.41) is 15.7. The number of nitrogens with zero attached hydrogens (tertiary/aromatic N) is 4. The Morgan fingerprint density at radius 3 is 3.11 bits per heavy atom. The molecule has 3 rings (SSSR count). The lowest BCUT2D eigenvalue weighted by Gasteiger charge is -2.06. The molecule has 100 valence electrons. The first kappa shape index (κ1) is 12.4. The fraction of sp³-hybridized carbons (Fsp3) is 0.417. The van der Waals surface area contributed by atoms with Crippen LogP contribution in [0.15, 0.2) is 29.4 Å². The van der Waals surface area contributed by atoms with Crippen molar-refractivity contribution in [1.29, 1.82) is 0 Å². The molecule has 1 aliphatic rings. The van der Waals surface area contributed by atoms with Gasteiger partial charge in [0.2, 0.25) is 5.16 Å². The van der Waals surface area contributed by atoms with Gasteiger partial charge in [-0.3, -0.25) is 0 Å². The predicted octanol–water partition coefficient (Wildman–Crippen LogP) is 2.35. The standard InChI is InChI=1S/C12H14FN5S/c13-9-2-1-3-10(8-9)14-6-7-19-12-15-16-17-18(12)11-4-5-11/h1-3,8,11,14H,4-7H2. The number of nitrogens with one attached hydrogen (secondary N) is 1. The molecule has 0 bridgehead atoms. The number of benzene rings is 1. The number of anilines is 1. The van der Waals surface area contributed by atoms with E-state index in [1.165, 1.54) is 25.0 Å². The van der Waals surface area contributed by atoms with Crippen LogP contribution in [0.2, 0.25) is 0 Å². The third-order valence-electron chi connectivity index (χ3n) is 2.84. The number of hydrogen-bond acceptors (Lipinski definition) is 5. The van der Waals surface area contributed by atoms with Crippen LogP contribution < -0.4 is 5.32 Å². The monoisotopic (exact) mass is 279 g/mol. The van der Waals surface area contributed by atoms with E-state index in [4.69, 9.17) is 0 Å². The average Bonchev–Trinajstić information content (AvgIpc) is 3.14. The van der Waals surface area contributed by atoms with Crippen LogP contribution in [0.1, 0.15) is 18.9 Å². The molecule has 0 spiro atoms. The SMILES string of the molecule is Fc1cccc(NCCSc2nnnn2C2CC2)c1. The molecule has 0 radical (unpaired) electrons. The molecular weight excluding hydrogens is 265 g/mol. The van der Waals surface area contributed by atoms with E-state index in [0.29, 0.717) is 6.04 Å². The summed E-state index contributed by atoms with van der Waals surface area (Å²) in [5.41, 5.74) is 0.794. The van der Waals surface area contributed by atoms with Crippen LogP contribution >= 0.6 is 11.8 Å². The highest BCUT2D eigenvalue weighted by atomic mass is 32.2. The van der Waals surface area contributed by atoms with E-state index in [-0.39, 0.29) is 5.82 Å². The lowest BCUT2D eigenvalue weighted by Crippen LogP contribution is -2.06. The van der Waals surface area contributed by atoms with Crippen LogP contribution in [-0.2, 0) is 0 Å². The fourth-order valence-corrected chi connectivity index (χ4v) is 2.56. The number of hydrogen-bond donors (Lipinski definition) is 1. The van der Waals surface area contributed by atoms with Gasteiger partial charge in [0, 0.05) is 18.0 Å². The van der Waals surface area contributed by atoms with Crippen molar-refractivity contribution in [1.82, 2.24) is 20.2 Å². The minimum atomic E-state index is -0.227. The molecule has 5 nitrogen and oxygen atoms in total. The molecule has 7 heteroatoms. The first-order chi connectivity index (χ1) is 9.33. The van der Waals surface area contributed by atoms with Crippen LogP contribution in [0, 0.1) is 5.82 Å². The van der Waals surface area contributed by atoms with Crippen molar-refractivity contribution in [3.63, 3.8) is 0 Å². The van der Waals surface area contributed by atoms with E-state index < -0.39 is 0 Å². The second kappa shape index (κ2) is 5.56. The Morgan fingerprint density at radius 1 is 1.42 bits per heavy atom. The van der Waals surface area contributed by atoms with Gasteiger partial charge in [0.05, 0.1) is 6.04 Å². The average molecular weight is 279 g/mol. The van der Waals surface area contributed by atoms with E-state index in [1.807, 2.05) is 10.7 Å². The second-order valence-electron chi connectivity index (χ2n) is 4.42. The Hall–Kier alpha value is -1.63. The fourth-order valence-electron chi connectivity index (χ4n) is 1.76. The van der Waals surface area contributed by atoms with E-state index in [0.717, 1.165) is 23.1 Å². The summed E-state index contributed by atoms with van der Waals surface area (Å²) in [6.07, 6.45) is 2.33. The summed E-state index contributed by atoms with van der Waals surface area (Å²) in [6, 6.07) is 6.96. The van der Waals surface area contributed by atoms with Gasteiger partial charge in [0.1, 0.15) is 5.82 Å². The molecular formula is C12H14FN5S. The van der Waals surface area contributed by atoms with Gasteiger partial charge in [0.15, 0.2) is 0 Å². The lowest BCUT2D eigenvalue weighted by atomic mass is 10.3. The molecule has 1 aromatic heterocycles. The Bertz CT molecular complexity index is 555. The molecule has 19 heavy (non-hydrogen) atoms. The third kappa shape index (κ3) is 3.23. The van der Waals surface area contributed by atoms with Gasteiger partial charge in [-0.2, -0.15) is 0 Å². The van der Waals surface area contributed by atoms with Gasteiger partial charge in [0.25, 0.3) is 0 Å². The number of halogens is 1. The third-order valence-corrected chi connectivity index (χ3v) is 3.78. The number of tetrazole rings is 1. The van der Waals surface area contributed by atoms with Crippen molar-refractivity contribution < 1.29 is 4.39 Å². The highest BCUT2D eigenvalue weighted by Gasteiger charge is 2.27. The maximum absolute atomic E-state index is 13.0. The molecule has 0 aliphatic heterocycles. The first-order valence-electron chi connectivity index (χ1n) is 6.23. The molecule has 0 atom stereocenters. The van der Waals surface area contributed by atoms with Crippen molar-refractivity contribution in [2.24, 2.45) is 0 Å². The highest BCUT2D eigenvalue weighted by molar-refractivity contribution is 7.99. The molecule has 2 aromatic rings. The molecule has 1 fully saturated rings. The zero-order chi connectivity index (χ0) is 13.1. The predicted molar refractivity (Wildman–Crippen MR) is 71.7 cm³/mol. The van der Waals surface area contributed by atoms with Gasteiger partial charge in [-0.15, -0.1) is 5.10 Å². The van der Waals surface area contributed by atoms with Gasteiger partial charge < -0.3 is 5.32 Å². The summed E-state index contributed by atoms with van der Waals surface area (Å²) in [6.45, 7) is 0.742. The summed E-state index contributed by atoms with van der Waals surface area (Å²) >= 11 is 1.62. The quantitative estimate of drug-likeness (QED) is 0.650. The van der Waals surface area contributed by atoms with Crippen LogP contribution in [0.5, 0.6) is 0 Å². The minimum Gasteiger partial charge on any atom is -0.384 e. The first-order valence-corrected chi connectivity index (χ1v) is 7.21. The number of rotatable bonds is 6. The van der Waals surface area contributed by atoms with Crippen molar-refractivity contribution in [2.45, 2.75) is 24.0 Å². The van der Waals surface area contributed by atoms with Crippen LogP contribution in [-0.4, -0.2) is 32.5 Å². The van der Waals surface area contributed by atoms with Crippen LogP contribution in [0.3, 0.4) is 0 Å². The Balaban J connectivity index is 1.46. The Kier molecular flexibility index (Phi) is 3.63. The summed E-state index contributed by atoms with van der Waals surface area (Å²) in [7, 11) is 0. The maximum Gasteiger partial charge on any atom is 0.209 e. The molecule has 0 amide bonds. The number of thioether (sulfide) groups is 1. The summed E-state index contributed by atoms with van der Waals surface area (Å²) in [4.78, 5) is 0. The summed E-state index contributed by atoms with van der Waals surface area (Å²) < 4.78 is 14.9. The van der Waals surface area contributed by atoms with E-state index in [1.54, 1.807) is 17.8 Å². The molecule has 1 aromatic carbocycles.